The van der Waals surface area contributed by atoms with Gasteiger partial charge < -0.3 is 14.0 Å². The molecule has 0 aliphatic rings. The molecule has 0 N–H and O–H groups in total. The summed E-state index contributed by atoms with van der Waals surface area (Å²) >= 11 is 1.45. The van der Waals surface area contributed by atoms with Crippen molar-refractivity contribution in [1.82, 2.24) is 9.55 Å². The number of ether oxygens (including phenoxy) is 2. The first kappa shape index (κ1) is 17.5. The van der Waals surface area contributed by atoms with Crippen LogP contribution in [0.4, 0.5) is 0 Å². The summed E-state index contributed by atoms with van der Waals surface area (Å²) in [5, 5.41) is 0.833. The molecule has 3 aromatic rings. The maximum absolute atomic E-state index is 12.4. The highest BCUT2D eigenvalue weighted by Crippen LogP contribution is 2.25. The van der Waals surface area contributed by atoms with E-state index in [1.54, 1.807) is 38.5 Å². The molecule has 3 rings (SSSR count). The topological polar surface area (TPSA) is 53.4 Å². The average molecular weight is 356 g/mol. The number of ketones is 1. The quantitative estimate of drug-likeness (QED) is 0.455. The molecule has 6 heteroatoms. The zero-order chi connectivity index (χ0) is 17.6. The average Bonchev–Trinajstić information content (AvgIpc) is 3.02. The smallest absolute Gasteiger partial charge is 0.173 e. The van der Waals surface area contributed by atoms with Crippen molar-refractivity contribution in [1.29, 1.82) is 0 Å². The maximum atomic E-state index is 12.4. The molecule has 25 heavy (non-hydrogen) atoms. The minimum absolute atomic E-state index is 0.0676. The molecule has 5 nitrogen and oxygen atoms in total. The van der Waals surface area contributed by atoms with Gasteiger partial charge in [-0.1, -0.05) is 23.9 Å². The van der Waals surface area contributed by atoms with Crippen molar-refractivity contribution in [3.8, 4) is 5.75 Å². The SMILES string of the molecule is COCCn1c(SCC(=O)c2ccc(OC)cc2)nc2ccccc21. The van der Waals surface area contributed by atoms with E-state index in [1.807, 2.05) is 24.3 Å². The van der Waals surface area contributed by atoms with Gasteiger partial charge in [0.2, 0.25) is 0 Å². The number of methoxy groups -OCH3 is 2. The van der Waals surface area contributed by atoms with Crippen LogP contribution in [0.15, 0.2) is 53.7 Å². The van der Waals surface area contributed by atoms with Gasteiger partial charge in [-0.15, -0.1) is 0 Å². The number of imidazole rings is 1. The molecule has 0 atom stereocenters. The number of hydrogen-bond donors (Lipinski definition) is 0. The highest BCUT2D eigenvalue weighted by atomic mass is 32.2. The Bertz CT molecular complexity index is 859. The molecule has 0 bridgehead atoms. The largest absolute Gasteiger partial charge is 0.497 e. The van der Waals surface area contributed by atoms with Crippen LogP contribution in [0.25, 0.3) is 11.0 Å². The van der Waals surface area contributed by atoms with Gasteiger partial charge in [0.15, 0.2) is 10.9 Å². The Balaban J connectivity index is 1.76. The summed E-state index contributed by atoms with van der Waals surface area (Å²) in [5.74, 6) is 1.14. The minimum Gasteiger partial charge on any atom is -0.497 e. The van der Waals surface area contributed by atoms with E-state index in [4.69, 9.17) is 9.47 Å². The number of rotatable bonds is 8. The second kappa shape index (κ2) is 8.18. The highest BCUT2D eigenvalue weighted by Gasteiger charge is 2.13. The van der Waals surface area contributed by atoms with E-state index >= 15 is 0 Å². The molecule has 1 aromatic heterocycles. The number of carbonyl (C=O) groups excluding carboxylic acids is 1. The van der Waals surface area contributed by atoms with Gasteiger partial charge in [-0.3, -0.25) is 4.79 Å². The van der Waals surface area contributed by atoms with Gasteiger partial charge in [0.1, 0.15) is 5.75 Å². The number of fused-ring (bicyclic) bond motifs is 1. The van der Waals surface area contributed by atoms with E-state index in [2.05, 4.69) is 9.55 Å². The van der Waals surface area contributed by atoms with Gasteiger partial charge in [-0.05, 0) is 36.4 Å². The molecule has 0 radical (unpaired) electrons. The van der Waals surface area contributed by atoms with Crippen LogP contribution in [0.2, 0.25) is 0 Å². The monoisotopic (exact) mass is 356 g/mol. The van der Waals surface area contributed by atoms with Gasteiger partial charge in [0, 0.05) is 19.2 Å². The molecule has 0 saturated carbocycles. The maximum Gasteiger partial charge on any atom is 0.173 e. The van der Waals surface area contributed by atoms with E-state index in [9.17, 15) is 4.79 Å². The molecule has 0 saturated heterocycles. The summed E-state index contributed by atoms with van der Waals surface area (Å²) in [6, 6.07) is 15.1. The molecular weight excluding hydrogens is 336 g/mol. The van der Waals surface area contributed by atoms with Crippen LogP contribution in [0.5, 0.6) is 5.75 Å². The molecule has 0 fully saturated rings. The van der Waals surface area contributed by atoms with Crippen LogP contribution < -0.4 is 4.74 Å². The Morgan fingerprint density at radius 1 is 1.12 bits per heavy atom. The lowest BCUT2D eigenvalue weighted by Gasteiger charge is -2.08. The number of aromatic nitrogens is 2. The fourth-order valence-corrected chi connectivity index (χ4v) is 3.49. The fraction of sp³-hybridized carbons (Fsp3) is 0.263. The number of carbonyl (C=O) groups is 1. The number of Topliss-reactive ketones (excluding diaryl/α,β-unsaturated/α-hetero) is 1. The summed E-state index contributed by atoms with van der Waals surface area (Å²) in [4.78, 5) is 17.1. The van der Waals surface area contributed by atoms with Crippen molar-refractivity contribution in [2.75, 3.05) is 26.6 Å². The molecule has 130 valence electrons. The van der Waals surface area contributed by atoms with Crippen molar-refractivity contribution in [3.63, 3.8) is 0 Å². The molecular formula is C19H20N2O3S. The third kappa shape index (κ3) is 4.03. The Hall–Kier alpha value is -2.31. The molecule has 0 unspecified atom stereocenters. The molecule has 0 amide bonds. The first-order valence-electron chi connectivity index (χ1n) is 7.97. The van der Waals surface area contributed by atoms with E-state index in [1.165, 1.54) is 11.8 Å². The molecule has 0 aliphatic carbocycles. The Morgan fingerprint density at radius 2 is 1.88 bits per heavy atom. The molecule has 1 heterocycles. The first-order chi connectivity index (χ1) is 12.2. The molecule has 2 aromatic carbocycles. The lowest BCUT2D eigenvalue weighted by Crippen LogP contribution is -2.07. The van der Waals surface area contributed by atoms with Gasteiger partial charge in [0.05, 0.1) is 30.5 Å². The van der Waals surface area contributed by atoms with E-state index in [0.29, 0.717) is 24.5 Å². The Morgan fingerprint density at radius 3 is 2.60 bits per heavy atom. The normalized spacial score (nSPS) is 11.0. The van der Waals surface area contributed by atoms with Crippen LogP contribution in [-0.2, 0) is 11.3 Å². The van der Waals surface area contributed by atoms with Gasteiger partial charge in [-0.2, -0.15) is 0 Å². The van der Waals surface area contributed by atoms with Crippen LogP contribution in [0, 0.1) is 0 Å². The second-order valence-corrected chi connectivity index (χ2v) is 6.41. The lowest BCUT2D eigenvalue weighted by molar-refractivity contribution is 0.102. The van der Waals surface area contributed by atoms with Crippen molar-refractivity contribution in [2.24, 2.45) is 0 Å². The van der Waals surface area contributed by atoms with Gasteiger partial charge in [-0.25, -0.2) is 4.98 Å². The van der Waals surface area contributed by atoms with Crippen molar-refractivity contribution >= 4 is 28.6 Å². The summed E-state index contributed by atoms with van der Waals surface area (Å²) < 4.78 is 12.4. The summed E-state index contributed by atoms with van der Waals surface area (Å²) in [6.45, 7) is 1.30. The zero-order valence-corrected chi connectivity index (χ0v) is 15.1. The van der Waals surface area contributed by atoms with Gasteiger partial charge in [0.25, 0.3) is 0 Å². The number of thioether (sulfide) groups is 1. The third-order valence-electron chi connectivity index (χ3n) is 3.88. The number of hydrogen-bond acceptors (Lipinski definition) is 5. The third-order valence-corrected chi connectivity index (χ3v) is 4.86. The zero-order valence-electron chi connectivity index (χ0n) is 14.3. The number of benzene rings is 2. The minimum atomic E-state index is 0.0676. The first-order valence-corrected chi connectivity index (χ1v) is 8.95. The van der Waals surface area contributed by atoms with Crippen molar-refractivity contribution in [2.45, 2.75) is 11.7 Å². The fourth-order valence-electron chi connectivity index (χ4n) is 2.55. The predicted octanol–water partition coefficient (Wildman–Crippen LogP) is 3.67. The van der Waals surface area contributed by atoms with E-state index in [0.717, 1.165) is 21.9 Å². The van der Waals surface area contributed by atoms with Crippen LogP contribution in [0.1, 0.15) is 10.4 Å². The summed E-state index contributed by atoms with van der Waals surface area (Å²) in [6.07, 6.45) is 0. The van der Waals surface area contributed by atoms with Gasteiger partial charge >= 0.3 is 0 Å². The lowest BCUT2D eigenvalue weighted by atomic mass is 10.1. The number of para-hydroxylation sites is 2. The molecule has 0 spiro atoms. The summed E-state index contributed by atoms with van der Waals surface area (Å²) in [5.41, 5.74) is 2.66. The number of nitrogens with zero attached hydrogens (tertiary/aromatic N) is 2. The Labute approximate surface area is 151 Å². The second-order valence-electron chi connectivity index (χ2n) is 5.47. The van der Waals surface area contributed by atoms with E-state index in [-0.39, 0.29) is 5.78 Å². The predicted molar refractivity (Wildman–Crippen MR) is 99.7 cm³/mol. The van der Waals surface area contributed by atoms with Crippen LogP contribution >= 0.6 is 11.8 Å². The van der Waals surface area contributed by atoms with E-state index < -0.39 is 0 Å². The highest BCUT2D eigenvalue weighted by molar-refractivity contribution is 7.99. The molecule has 0 aliphatic heterocycles. The van der Waals surface area contributed by atoms with Crippen molar-refractivity contribution < 1.29 is 14.3 Å². The van der Waals surface area contributed by atoms with Crippen molar-refractivity contribution in [3.05, 3.63) is 54.1 Å². The van der Waals surface area contributed by atoms with Crippen LogP contribution in [-0.4, -0.2) is 41.9 Å². The standard InChI is InChI=1S/C19H20N2O3S/c1-23-12-11-21-17-6-4-3-5-16(17)20-19(21)25-13-18(22)14-7-9-15(24-2)10-8-14/h3-10H,11-13H2,1-2H3. The van der Waals surface area contributed by atoms with Crippen LogP contribution in [0.3, 0.4) is 0 Å². The summed E-state index contributed by atoms with van der Waals surface area (Å²) in [7, 11) is 3.29. The Kier molecular flexibility index (Phi) is 5.73.